The van der Waals surface area contributed by atoms with Gasteiger partial charge in [-0.1, -0.05) is 26.0 Å². The molecule has 2 heterocycles. The zero-order valence-corrected chi connectivity index (χ0v) is 11.0. The summed E-state index contributed by atoms with van der Waals surface area (Å²) in [5, 5.41) is 13.6. The highest BCUT2D eigenvalue weighted by Gasteiger charge is 2.27. The maximum atomic E-state index is 12.4. The third-order valence-electron chi connectivity index (χ3n) is 3.22. The van der Waals surface area contributed by atoms with E-state index in [1.807, 2.05) is 32.1 Å². The van der Waals surface area contributed by atoms with E-state index in [-0.39, 0.29) is 18.6 Å². The van der Waals surface area contributed by atoms with Gasteiger partial charge in [-0.25, -0.2) is 0 Å². The van der Waals surface area contributed by atoms with Crippen LogP contribution in [0.25, 0.3) is 0 Å². The van der Waals surface area contributed by atoms with Crippen molar-refractivity contribution in [2.24, 2.45) is 7.05 Å². The molecule has 0 saturated heterocycles. The Kier molecular flexibility index (Phi) is 3.52. The largest absolute Gasteiger partial charge is 0.394 e. The van der Waals surface area contributed by atoms with Crippen molar-refractivity contribution in [3.05, 3.63) is 29.6 Å². The quantitative estimate of drug-likeness (QED) is 0.810. The van der Waals surface area contributed by atoms with Crippen molar-refractivity contribution in [1.29, 1.82) is 0 Å². The van der Waals surface area contributed by atoms with Crippen LogP contribution in [0.15, 0.2) is 18.2 Å². The lowest BCUT2D eigenvalue weighted by Gasteiger charge is -2.22. The van der Waals surface area contributed by atoms with E-state index in [1.165, 1.54) is 0 Å². The van der Waals surface area contributed by atoms with Gasteiger partial charge in [0.05, 0.1) is 18.3 Å². The first-order valence-electron chi connectivity index (χ1n) is 6.17. The van der Waals surface area contributed by atoms with E-state index >= 15 is 0 Å². The van der Waals surface area contributed by atoms with E-state index in [4.69, 9.17) is 0 Å². The van der Waals surface area contributed by atoms with Crippen molar-refractivity contribution in [3.63, 3.8) is 0 Å². The van der Waals surface area contributed by atoms with Crippen molar-refractivity contribution in [2.75, 3.05) is 13.2 Å². The minimum Gasteiger partial charge on any atom is -0.394 e. The molecular weight excluding hydrogens is 230 g/mol. The molecule has 5 heteroatoms. The number of aliphatic hydroxyl groups is 1. The summed E-state index contributed by atoms with van der Waals surface area (Å²) < 4.78 is 1.62. The summed E-state index contributed by atoms with van der Waals surface area (Å²) in [6, 6.07) is 1.62. The van der Waals surface area contributed by atoms with Gasteiger partial charge in [-0.15, -0.1) is 0 Å². The number of aryl methyl sites for hydroxylation is 1. The lowest BCUT2D eigenvalue weighted by Crippen LogP contribution is -2.39. The molecule has 1 amide bonds. The molecule has 1 aromatic rings. The lowest BCUT2D eigenvalue weighted by atomic mass is 10.1. The molecule has 1 aliphatic rings. The smallest absolute Gasteiger partial charge is 0.272 e. The van der Waals surface area contributed by atoms with Gasteiger partial charge in [-0.2, -0.15) is 5.10 Å². The van der Waals surface area contributed by atoms with Crippen LogP contribution in [0.1, 0.15) is 35.9 Å². The van der Waals surface area contributed by atoms with Crippen LogP contribution in [0.2, 0.25) is 0 Å². The molecule has 1 aromatic heterocycles. The predicted octanol–water partition coefficient (Wildman–Crippen LogP) is 0.916. The number of hydrogen-bond acceptors (Lipinski definition) is 3. The second kappa shape index (κ2) is 4.94. The minimum absolute atomic E-state index is 0.0445. The number of amides is 1. The number of hydrogen-bond donors (Lipinski definition) is 1. The molecule has 0 spiro atoms. The normalized spacial score (nSPS) is 18.9. The molecule has 0 bridgehead atoms. The first-order valence-corrected chi connectivity index (χ1v) is 6.17. The van der Waals surface area contributed by atoms with Crippen LogP contribution >= 0.6 is 0 Å². The summed E-state index contributed by atoms with van der Waals surface area (Å²) in [5.41, 5.74) is 1.48. The van der Waals surface area contributed by atoms with Crippen LogP contribution in [0.3, 0.4) is 0 Å². The van der Waals surface area contributed by atoms with Crippen LogP contribution in [0.5, 0.6) is 0 Å². The van der Waals surface area contributed by atoms with Crippen LogP contribution in [0, 0.1) is 0 Å². The van der Waals surface area contributed by atoms with Gasteiger partial charge in [-0.3, -0.25) is 9.48 Å². The zero-order valence-electron chi connectivity index (χ0n) is 11.0. The highest BCUT2D eigenvalue weighted by Crippen LogP contribution is 2.18. The van der Waals surface area contributed by atoms with Crippen LogP contribution in [0.4, 0.5) is 0 Å². The molecule has 0 aromatic carbocycles. The summed E-state index contributed by atoms with van der Waals surface area (Å²) in [5.74, 6) is 0.212. The molecule has 1 atom stereocenters. The summed E-state index contributed by atoms with van der Waals surface area (Å²) in [4.78, 5) is 14.0. The van der Waals surface area contributed by atoms with E-state index in [9.17, 15) is 9.90 Å². The molecule has 0 radical (unpaired) electrons. The fourth-order valence-electron chi connectivity index (χ4n) is 2.08. The summed E-state index contributed by atoms with van der Waals surface area (Å²) in [6.07, 6.45) is 3.76. The predicted molar refractivity (Wildman–Crippen MR) is 68.3 cm³/mol. The Morgan fingerprint density at radius 2 is 2.33 bits per heavy atom. The molecule has 1 aliphatic heterocycles. The average Bonchev–Trinajstić information content (AvgIpc) is 2.93. The molecule has 0 saturated carbocycles. The van der Waals surface area contributed by atoms with Gasteiger partial charge in [0.15, 0.2) is 0 Å². The van der Waals surface area contributed by atoms with Crippen molar-refractivity contribution in [1.82, 2.24) is 14.7 Å². The van der Waals surface area contributed by atoms with Gasteiger partial charge in [0.25, 0.3) is 5.91 Å². The van der Waals surface area contributed by atoms with Crippen LogP contribution in [-0.2, 0) is 7.05 Å². The summed E-state index contributed by atoms with van der Waals surface area (Å²) >= 11 is 0. The molecule has 0 fully saturated rings. The van der Waals surface area contributed by atoms with E-state index in [2.05, 4.69) is 5.10 Å². The molecule has 5 nitrogen and oxygen atoms in total. The van der Waals surface area contributed by atoms with Crippen molar-refractivity contribution in [3.8, 4) is 0 Å². The van der Waals surface area contributed by atoms with E-state index in [0.29, 0.717) is 18.2 Å². The van der Waals surface area contributed by atoms with Crippen molar-refractivity contribution < 1.29 is 9.90 Å². The monoisotopic (exact) mass is 249 g/mol. The Labute approximate surface area is 107 Å². The molecule has 98 valence electrons. The number of rotatable bonds is 3. The molecular formula is C13H19N3O2. The Balaban J connectivity index is 2.24. The van der Waals surface area contributed by atoms with Crippen molar-refractivity contribution in [2.45, 2.75) is 25.8 Å². The fourth-order valence-corrected chi connectivity index (χ4v) is 2.08. The van der Waals surface area contributed by atoms with Crippen molar-refractivity contribution >= 4 is 5.91 Å². The standard InChI is InChI=1S/C13H19N3O2/c1-9(2)11-7-12(15(3)14-11)13(18)16-6-4-5-10(16)8-17/h4-5,7,9-10,17H,6,8H2,1-3H3/t10-/m1/s1. The maximum Gasteiger partial charge on any atom is 0.272 e. The Bertz CT molecular complexity index is 477. The van der Waals surface area contributed by atoms with Gasteiger partial charge in [0, 0.05) is 13.6 Å². The average molecular weight is 249 g/mol. The minimum atomic E-state index is -0.213. The van der Waals surface area contributed by atoms with E-state index in [1.54, 1.807) is 16.6 Å². The number of carbonyl (C=O) groups is 1. The first kappa shape index (κ1) is 12.8. The Morgan fingerprint density at radius 3 is 2.89 bits per heavy atom. The third-order valence-corrected chi connectivity index (χ3v) is 3.22. The number of nitrogens with zero attached hydrogens (tertiary/aromatic N) is 3. The number of carbonyl (C=O) groups excluding carboxylic acids is 1. The van der Waals surface area contributed by atoms with Gasteiger partial charge < -0.3 is 10.0 Å². The maximum absolute atomic E-state index is 12.4. The topological polar surface area (TPSA) is 58.4 Å². The highest BCUT2D eigenvalue weighted by atomic mass is 16.3. The third kappa shape index (κ3) is 2.18. The first-order chi connectivity index (χ1) is 8.54. The fraction of sp³-hybridized carbons (Fsp3) is 0.538. The van der Waals surface area contributed by atoms with Gasteiger partial charge >= 0.3 is 0 Å². The van der Waals surface area contributed by atoms with Crippen LogP contribution < -0.4 is 0 Å². The number of aliphatic hydroxyl groups excluding tert-OH is 1. The molecule has 0 aliphatic carbocycles. The highest BCUT2D eigenvalue weighted by molar-refractivity contribution is 5.93. The molecule has 1 N–H and O–H groups in total. The molecule has 18 heavy (non-hydrogen) atoms. The van der Waals surface area contributed by atoms with Gasteiger partial charge in [0.1, 0.15) is 5.69 Å². The van der Waals surface area contributed by atoms with Gasteiger partial charge in [-0.05, 0) is 12.0 Å². The Morgan fingerprint density at radius 1 is 1.61 bits per heavy atom. The zero-order chi connectivity index (χ0) is 13.3. The lowest BCUT2D eigenvalue weighted by molar-refractivity contribution is 0.0689. The SMILES string of the molecule is CC(C)c1cc(C(=O)N2CC=C[C@@H]2CO)n(C)n1. The summed E-state index contributed by atoms with van der Waals surface area (Å²) in [7, 11) is 1.77. The van der Waals surface area contributed by atoms with E-state index < -0.39 is 0 Å². The number of aromatic nitrogens is 2. The van der Waals surface area contributed by atoms with Crippen LogP contribution in [-0.4, -0.2) is 44.9 Å². The molecule has 0 unspecified atom stereocenters. The summed E-state index contributed by atoms with van der Waals surface area (Å²) in [6.45, 7) is 4.60. The van der Waals surface area contributed by atoms with Gasteiger partial charge in [0.2, 0.25) is 0 Å². The Hall–Kier alpha value is -1.62. The second-order valence-electron chi connectivity index (χ2n) is 4.87. The molecule has 2 rings (SSSR count). The second-order valence-corrected chi connectivity index (χ2v) is 4.87. The van der Waals surface area contributed by atoms with E-state index in [0.717, 1.165) is 5.69 Å².